The number of ether oxygens (including phenoxy) is 3. The second-order valence-corrected chi connectivity index (χ2v) is 10.0. The van der Waals surface area contributed by atoms with E-state index in [1.165, 1.54) is 7.11 Å². The maximum atomic E-state index is 14.3. The summed E-state index contributed by atoms with van der Waals surface area (Å²) in [7, 11) is 1.49. The summed E-state index contributed by atoms with van der Waals surface area (Å²) in [6.07, 6.45) is -9.57. The highest BCUT2D eigenvalue weighted by atomic mass is 19.4. The molecule has 2 unspecified atom stereocenters. The van der Waals surface area contributed by atoms with E-state index in [-0.39, 0.29) is 36.4 Å². The highest BCUT2D eigenvalue weighted by molar-refractivity contribution is 5.67. The Morgan fingerprint density at radius 2 is 1.62 bits per heavy atom. The van der Waals surface area contributed by atoms with E-state index in [9.17, 15) is 31.5 Å². The first-order valence-electron chi connectivity index (χ1n) is 13.2. The molecule has 228 valence electrons. The summed E-state index contributed by atoms with van der Waals surface area (Å²) in [5.74, 6) is 0.790. The van der Waals surface area contributed by atoms with Crippen molar-refractivity contribution < 1.29 is 40.6 Å². The van der Waals surface area contributed by atoms with Crippen LogP contribution in [0.2, 0.25) is 0 Å². The Morgan fingerprint density at radius 1 is 0.976 bits per heavy atom. The van der Waals surface area contributed by atoms with Gasteiger partial charge in [0.2, 0.25) is 0 Å². The number of morpholine rings is 1. The number of methoxy groups -OCH3 is 1. The fraction of sp³-hybridized carbons (Fsp3) is 0.429. The van der Waals surface area contributed by atoms with Crippen molar-refractivity contribution in [2.75, 3.05) is 46.6 Å². The zero-order valence-electron chi connectivity index (χ0n) is 22.5. The summed E-state index contributed by atoms with van der Waals surface area (Å²) in [6.45, 7) is 2.36. The zero-order valence-corrected chi connectivity index (χ0v) is 22.5. The van der Waals surface area contributed by atoms with E-state index >= 15 is 0 Å². The lowest BCUT2D eigenvalue weighted by atomic mass is 9.93. The quantitative estimate of drug-likeness (QED) is 0.486. The third kappa shape index (κ3) is 6.61. The van der Waals surface area contributed by atoms with Crippen LogP contribution in [0.5, 0.6) is 5.75 Å². The van der Waals surface area contributed by atoms with Crippen molar-refractivity contribution >= 4 is 5.70 Å². The van der Waals surface area contributed by atoms with Crippen LogP contribution in [0.3, 0.4) is 0 Å². The number of hydrogen-bond donors (Lipinski definition) is 2. The molecule has 2 N–H and O–H groups in total. The maximum Gasteiger partial charge on any atom is 0.416 e. The number of hydrogen-bond acceptors (Lipinski definition) is 8. The highest BCUT2D eigenvalue weighted by Crippen LogP contribution is 2.38. The van der Waals surface area contributed by atoms with Gasteiger partial charge in [0.1, 0.15) is 5.75 Å². The van der Waals surface area contributed by atoms with E-state index in [2.05, 4.69) is 10.6 Å². The largest absolute Gasteiger partial charge is 0.758 e. The van der Waals surface area contributed by atoms with Crippen LogP contribution in [0.25, 0.3) is 5.70 Å². The fourth-order valence-corrected chi connectivity index (χ4v) is 5.16. The van der Waals surface area contributed by atoms with Crippen molar-refractivity contribution in [3.63, 3.8) is 0 Å². The predicted octanol–water partition coefficient (Wildman–Crippen LogP) is 4.54. The third-order valence-electron chi connectivity index (χ3n) is 7.31. The predicted molar refractivity (Wildman–Crippen MR) is 140 cm³/mol. The number of nitrogens with one attached hydrogen (secondary N) is 2. The van der Waals surface area contributed by atoms with Crippen LogP contribution < -0.4 is 15.4 Å². The third-order valence-corrected chi connectivity index (χ3v) is 7.31. The SMILES string of the molecule is COc1ccc(/C2=C/C(N3CCOCC3)OC3=C(CNCN3)C(Cc3cc(C(F)(F)F)cc(C(F)(F)F)c3)N2[O-])cc1. The molecule has 1 fully saturated rings. The van der Waals surface area contributed by atoms with Gasteiger partial charge in [0.05, 0.1) is 38.1 Å². The van der Waals surface area contributed by atoms with Gasteiger partial charge in [-0.25, -0.2) is 0 Å². The summed E-state index contributed by atoms with van der Waals surface area (Å²) >= 11 is 0. The van der Waals surface area contributed by atoms with Crippen LogP contribution in [-0.4, -0.2) is 68.9 Å². The van der Waals surface area contributed by atoms with Crippen LogP contribution in [0.1, 0.15) is 22.3 Å². The molecule has 0 spiro atoms. The van der Waals surface area contributed by atoms with Gasteiger partial charge in [-0.1, -0.05) is 0 Å². The minimum Gasteiger partial charge on any atom is -0.758 e. The van der Waals surface area contributed by atoms with Gasteiger partial charge < -0.3 is 29.8 Å². The Balaban J connectivity index is 1.61. The number of nitrogens with zero attached hydrogens (tertiary/aromatic N) is 2. The standard InChI is InChI=1S/C28H29F6N4O4/c1-40-21-4-2-18(3-5-21)23-14-25(37-6-8-41-9-7-37)42-26-22(15-35-16-36-26)24(38(23)39)12-17-10-19(27(29,30)31)13-20(11-17)28(32,33)34/h2-5,10-11,13-14,24-25,35-36H,6-9,12,15-16H2,1H3/q-1/b23-14-. The van der Waals surface area contributed by atoms with Gasteiger partial charge in [-0.2, -0.15) is 26.3 Å². The molecule has 2 aromatic rings. The molecule has 3 aliphatic heterocycles. The molecule has 0 bridgehead atoms. The second kappa shape index (κ2) is 12.0. The van der Waals surface area contributed by atoms with E-state index in [4.69, 9.17) is 14.2 Å². The topological polar surface area (TPSA) is 81.3 Å². The van der Waals surface area contributed by atoms with Gasteiger partial charge in [-0.3, -0.25) is 10.2 Å². The van der Waals surface area contributed by atoms with Gasteiger partial charge in [-0.05, 0) is 66.1 Å². The minimum atomic E-state index is -5.02. The first-order chi connectivity index (χ1) is 19.9. The first kappa shape index (κ1) is 30.0. The molecule has 3 heterocycles. The lowest BCUT2D eigenvalue weighted by Gasteiger charge is -2.47. The number of halogens is 6. The molecule has 0 saturated carbocycles. The van der Waals surface area contributed by atoms with Crippen LogP contribution in [0.15, 0.2) is 60.0 Å². The van der Waals surface area contributed by atoms with E-state index in [1.807, 2.05) is 4.90 Å². The molecule has 0 radical (unpaired) electrons. The van der Waals surface area contributed by atoms with Gasteiger partial charge in [0.15, 0.2) is 12.1 Å². The molecule has 42 heavy (non-hydrogen) atoms. The Bertz CT molecular complexity index is 1290. The van der Waals surface area contributed by atoms with Crippen molar-refractivity contribution in [2.24, 2.45) is 0 Å². The lowest BCUT2D eigenvalue weighted by Crippen LogP contribution is -2.50. The van der Waals surface area contributed by atoms with Crippen LogP contribution in [0, 0.1) is 5.21 Å². The second-order valence-electron chi connectivity index (χ2n) is 10.0. The van der Waals surface area contributed by atoms with Crippen LogP contribution in [-0.2, 0) is 28.2 Å². The molecule has 1 saturated heterocycles. The fourth-order valence-electron chi connectivity index (χ4n) is 5.16. The lowest BCUT2D eigenvalue weighted by molar-refractivity contribution is -0.143. The first-order valence-corrected chi connectivity index (χ1v) is 13.2. The summed E-state index contributed by atoms with van der Waals surface area (Å²) in [6, 6.07) is 6.79. The molecule has 14 heteroatoms. The van der Waals surface area contributed by atoms with Crippen molar-refractivity contribution in [1.29, 1.82) is 0 Å². The van der Waals surface area contributed by atoms with Crippen molar-refractivity contribution in [2.45, 2.75) is 31.0 Å². The van der Waals surface area contributed by atoms with Crippen molar-refractivity contribution in [3.05, 3.63) is 87.5 Å². The van der Waals surface area contributed by atoms with Gasteiger partial charge >= 0.3 is 12.4 Å². The average molecular weight is 600 g/mol. The Kier molecular flexibility index (Phi) is 8.60. The van der Waals surface area contributed by atoms with E-state index < -0.39 is 42.2 Å². The normalized spacial score (nSPS) is 23.6. The Morgan fingerprint density at radius 3 is 2.21 bits per heavy atom. The molecule has 0 aliphatic carbocycles. The molecular formula is C28H29F6N4O4-. The molecule has 8 nitrogen and oxygen atoms in total. The summed E-state index contributed by atoms with van der Waals surface area (Å²) in [5.41, 5.74) is -2.18. The van der Waals surface area contributed by atoms with Gasteiger partial charge in [0.25, 0.3) is 0 Å². The molecule has 0 amide bonds. The summed E-state index contributed by atoms with van der Waals surface area (Å²) in [5, 5.41) is 21.0. The zero-order chi connectivity index (χ0) is 30.1. The molecule has 0 aromatic heterocycles. The number of rotatable bonds is 5. The summed E-state index contributed by atoms with van der Waals surface area (Å²) in [4.78, 5) is 1.98. The minimum absolute atomic E-state index is 0.0732. The van der Waals surface area contributed by atoms with Gasteiger partial charge in [-0.15, -0.1) is 0 Å². The molecule has 5 rings (SSSR count). The monoisotopic (exact) mass is 599 g/mol. The smallest absolute Gasteiger partial charge is 0.416 e. The van der Waals surface area contributed by atoms with Crippen molar-refractivity contribution in [3.8, 4) is 5.75 Å². The molecule has 2 aromatic carbocycles. The Labute approximate surface area is 238 Å². The van der Waals surface area contributed by atoms with Gasteiger partial charge in [0, 0.05) is 36.9 Å². The molecular weight excluding hydrogens is 570 g/mol. The summed E-state index contributed by atoms with van der Waals surface area (Å²) < 4.78 is 98.8. The van der Waals surface area contributed by atoms with Crippen LogP contribution >= 0.6 is 0 Å². The number of benzene rings is 2. The number of hydroxylamine groups is 2. The number of alkyl halides is 6. The molecule has 2 atom stereocenters. The molecule has 3 aliphatic rings. The maximum absolute atomic E-state index is 14.3. The van der Waals surface area contributed by atoms with E-state index in [0.29, 0.717) is 60.4 Å². The average Bonchev–Trinajstić information content (AvgIpc) is 2.97. The van der Waals surface area contributed by atoms with E-state index in [1.54, 1.807) is 30.3 Å². The Hall–Kier alpha value is -3.46. The van der Waals surface area contributed by atoms with E-state index in [0.717, 1.165) is 0 Å². The van der Waals surface area contributed by atoms with Crippen molar-refractivity contribution in [1.82, 2.24) is 20.6 Å². The van der Waals surface area contributed by atoms with Crippen LogP contribution in [0.4, 0.5) is 26.3 Å². The highest BCUT2D eigenvalue weighted by Gasteiger charge is 2.38.